The monoisotopic (exact) mass is 313 g/mol. The molecule has 2 aliphatic heterocycles. The van der Waals surface area contributed by atoms with E-state index in [1.165, 1.54) is 11.0 Å². The molecule has 3 rings (SSSR count). The van der Waals surface area contributed by atoms with Crippen molar-refractivity contribution in [2.45, 2.75) is 25.7 Å². The Labute approximate surface area is 126 Å². The van der Waals surface area contributed by atoms with E-state index in [-0.39, 0.29) is 18.2 Å². The Morgan fingerprint density at radius 2 is 2.14 bits per heavy atom. The van der Waals surface area contributed by atoms with Gasteiger partial charge in [0.25, 0.3) is 11.8 Å². The van der Waals surface area contributed by atoms with E-state index in [1.54, 1.807) is 14.0 Å². The number of halogens is 2. The number of hydrogen-bond donors (Lipinski definition) is 0. The summed E-state index contributed by atoms with van der Waals surface area (Å²) in [4.78, 5) is 27.1. The van der Waals surface area contributed by atoms with Gasteiger partial charge in [-0.1, -0.05) is 5.16 Å². The van der Waals surface area contributed by atoms with Crippen LogP contribution < -0.4 is 0 Å². The molecule has 1 atom stereocenters. The van der Waals surface area contributed by atoms with Gasteiger partial charge in [-0.2, -0.15) is 0 Å². The van der Waals surface area contributed by atoms with Crippen molar-refractivity contribution in [3.8, 4) is 0 Å². The van der Waals surface area contributed by atoms with Gasteiger partial charge in [0.15, 0.2) is 0 Å². The van der Waals surface area contributed by atoms with E-state index in [4.69, 9.17) is 4.52 Å². The second-order valence-electron chi connectivity index (χ2n) is 6.28. The molecule has 8 heteroatoms. The van der Waals surface area contributed by atoms with Crippen LogP contribution in [0.3, 0.4) is 0 Å². The summed E-state index contributed by atoms with van der Waals surface area (Å²) in [7, 11) is 1.59. The average molecular weight is 313 g/mol. The lowest BCUT2D eigenvalue weighted by Crippen LogP contribution is -2.56. The van der Waals surface area contributed by atoms with Gasteiger partial charge < -0.3 is 14.3 Å². The van der Waals surface area contributed by atoms with Crippen LogP contribution in [0.1, 0.15) is 29.1 Å². The molecule has 1 aromatic rings. The first-order valence-electron chi connectivity index (χ1n) is 7.08. The zero-order valence-electron chi connectivity index (χ0n) is 12.4. The first-order valence-corrected chi connectivity index (χ1v) is 7.08. The molecule has 1 unspecified atom stereocenters. The third-order valence-corrected chi connectivity index (χ3v) is 4.36. The molecule has 2 aliphatic rings. The van der Waals surface area contributed by atoms with Crippen molar-refractivity contribution in [1.29, 1.82) is 0 Å². The third-order valence-electron chi connectivity index (χ3n) is 4.36. The number of likely N-dealkylation sites (tertiary alicyclic amines) is 2. The van der Waals surface area contributed by atoms with Crippen molar-refractivity contribution in [3.05, 3.63) is 17.5 Å². The van der Waals surface area contributed by atoms with Crippen LogP contribution in [0.5, 0.6) is 0 Å². The number of rotatable bonds is 1. The summed E-state index contributed by atoms with van der Waals surface area (Å²) in [5.41, 5.74) is -0.695. The van der Waals surface area contributed by atoms with Gasteiger partial charge in [-0.25, -0.2) is 8.78 Å². The molecular formula is C14H17F2N3O3. The number of aryl methyl sites for hydroxylation is 1. The second kappa shape index (κ2) is 4.76. The van der Waals surface area contributed by atoms with Gasteiger partial charge in [-0.05, 0) is 13.3 Å². The molecule has 0 radical (unpaired) electrons. The highest BCUT2D eigenvalue weighted by atomic mass is 19.3. The Hall–Kier alpha value is -1.99. The lowest BCUT2D eigenvalue weighted by Gasteiger charge is -2.42. The van der Waals surface area contributed by atoms with Crippen molar-refractivity contribution < 1.29 is 22.9 Å². The molecule has 2 fully saturated rings. The molecule has 0 aromatic carbocycles. The van der Waals surface area contributed by atoms with Crippen LogP contribution >= 0.6 is 0 Å². The van der Waals surface area contributed by atoms with Crippen molar-refractivity contribution >= 4 is 11.8 Å². The van der Waals surface area contributed by atoms with Crippen molar-refractivity contribution in [1.82, 2.24) is 15.0 Å². The summed E-state index contributed by atoms with van der Waals surface area (Å²) in [5, 5.41) is 3.60. The summed E-state index contributed by atoms with van der Waals surface area (Å²) in [6.45, 7) is 1.36. The first-order chi connectivity index (χ1) is 10.2. The van der Waals surface area contributed by atoms with Crippen LogP contribution in [-0.2, 0) is 4.79 Å². The van der Waals surface area contributed by atoms with E-state index in [1.807, 2.05) is 0 Å². The molecule has 22 heavy (non-hydrogen) atoms. The molecule has 1 spiro atoms. The lowest BCUT2D eigenvalue weighted by molar-refractivity contribution is -0.150. The van der Waals surface area contributed by atoms with Crippen LogP contribution in [0.25, 0.3) is 0 Å². The van der Waals surface area contributed by atoms with Gasteiger partial charge in [-0.15, -0.1) is 0 Å². The van der Waals surface area contributed by atoms with Gasteiger partial charge in [0.1, 0.15) is 0 Å². The van der Waals surface area contributed by atoms with Gasteiger partial charge in [-0.3, -0.25) is 9.59 Å². The summed E-state index contributed by atoms with van der Waals surface area (Å²) < 4.78 is 33.1. The van der Waals surface area contributed by atoms with Crippen LogP contribution in [-0.4, -0.2) is 59.4 Å². The molecular weight excluding hydrogens is 296 g/mol. The highest BCUT2D eigenvalue weighted by Crippen LogP contribution is 2.45. The molecule has 2 saturated heterocycles. The van der Waals surface area contributed by atoms with Gasteiger partial charge >= 0.3 is 0 Å². The average Bonchev–Trinajstić information content (AvgIpc) is 2.97. The molecule has 0 N–H and O–H groups in total. The maximum Gasteiger partial charge on any atom is 0.292 e. The summed E-state index contributed by atoms with van der Waals surface area (Å²) in [5.74, 6) is -4.15. The number of aromatic nitrogens is 1. The number of hydrogen-bond acceptors (Lipinski definition) is 4. The predicted octanol–water partition coefficient (Wildman–Crippen LogP) is 1.31. The number of nitrogens with zero attached hydrogens (tertiary/aromatic N) is 3. The van der Waals surface area contributed by atoms with E-state index in [9.17, 15) is 18.4 Å². The lowest BCUT2D eigenvalue weighted by atomic mass is 9.77. The Kier molecular flexibility index (Phi) is 3.23. The van der Waals surface area contributed by atoms with Crippen LogP contribution in [0.2, 0.25) is 0 Å². The van der Waals surface area contributed by atoms with Gasteiger partial charge in [0, 0.05) is 32.6 Å². The standard InChI is InChI=1S/C14H17F2N3O3/c1-9-5-10(22-17-9)11(20)19-7-13(6-14(15,16)8-19)3-4-18(2)12(13)21/h5H,3-4,6-8H2,1-2H3. The molecule has 6 nitrogen and oxygen atoms in total. The molecule has 2 amide bonds. The highest BCUT2D eigenvalue weighted by molar-refractivity contribution is 5.93. The molecule has 0 aliphatic carbocycles. The predicted molar refractivity (Wildman–Crippen MR) is 71.4 cm³/mol. The van der Waals surface area contributed by atoms with E-state index in [0.29, 0.717) is 18.7 Å². The molecule has 120 valence electrons. The maximum atomic E-state index is 14.1. The Bertz CT molecular complexity index is 631. The van der Waals surface area contributed by atoms with Crippen LogP contribution in [0.15, 0.2) is 10.6 Å². The van der Waals surface area contributed by atoms with Crippen LogP contribution in [0, 0.1) is 12.3 Å². The molecule has 1 aromatic heterocycles. The quantitative estimate of drug-likeness (QED) is 0.784. The molecule has 0 saturated carbocycles. The Morgan fingerprint density at radius 3 is 2.68 bits per heavy atom. The van der Waals surface area contributed by atoms with Crippen molar-refractivity contribution in [3.63, 3.8) is 0 Å². The minimum atomic E-state index is -3.09. The Morgan fingerprint density at radius 1 is 1.41 bits per heavy atom. The topological polar surface area (TPSA) is 66.7 Å². The zero-order valence-corrected chi connectivity index (χ0v) is 12.4. The fraction of sp³-hybridized carbons (Fsp3) is 0.643. The maximum absolute atomic E-state index is 14.1. The number of amides is 2. The summed E-state index contributed by atoms with van der Waals surface area (Å²) in [6.07, 6.45) is -0.181. The highest BCUT2D eigenvalue weighted by Gasteiger charge is 2.57. The van der Waals surface area contributed by atoms with E-state index >= 15 is 0 Å². The third kappa shape index (κ3) is 2.36. The van der Waals surface area contributed by atoms with E-state index in [0.717, 1.165) is 4.90 Å². The number of piperidine rings is 1. The Balaban J connectivity index is 1.89. The van der Waals surface area contributed by atoms with Crippen LogP contribution in [0.4, 0.5) is 8.78 Å². The van der Waals surface area contributed by atoms with Gasteiger partial charge in [0.2, 0.25) is 11.7 Å². The fourth-order valence-corrected chi connectivity index (χ4v) is 3.38. The smallest absolute Gasteiger partial charge is 0.292 e. The number of carbonyl (C=O) groups is 2. The van der Waals surface area contributed by atoms with Crippen molar-refractivity contribution in [2.24, 2.45) is 5.41 Å². The molecule has 3 heterocycles. The molecule has 0 bridgehead atoms. The van der Waals surface area contributed by atoms with Gasteiger partial charge in [0.05, 0.1) is 17.7 Å². The fourth-order valence-electron chi connectivity index (χ4n) is 3.38. The minimum absolute atomic E-state index is 0.00958. The zero-order chi connectivity index (χ0) is 16.1. The second-order valence-corrected chi connectivity index (χ2v) is 6.28. The van der Waals surface area contributed by atoms with E-state index < -0.39 is 30.2 Å². The first kappa shape index (κ1) is 14.9. The number of carbonyl (C=O) groups excluding carboxylic acids is 2. The normalized spacial score (nSPS) is 27.7. The number of alkyl halides is 2. The van der Waals surface area contributed by atoms with E-state index in [2.05, 4.69) is 5.16 Å². The van der Waals surface area contributed by atoms with Crippen molar-refractivity contribution in [2.75, 3.05) is 26.7 Å². The summed E-state index contributed by atoms with van der Waals surface area (Å²) in [6, 6.07) is 1.41. The minimum Gasteiger partial charge on any atom is -0.351 e. The largest absolute Gasteiger partial charge is 0.351 e. The summed E-state index contributed by atoms with van der Waals surface area (Å²) >= 11 is 0. The SMILES string of the molecule is Cc1cc(C(=O)N2CC(F)(F)CC3(CCN(C)C3=O)C2)on1.